The third-order valence-electron chi connectivity index (χ3n) is 1.23. The number of carbonyl (C=O) groups excluding carboxylic acids is 1. The van der Waals surface area contributed by atoms with Gasteiger partial charge in [0.25, 0.3) is 0 Å². The van der Waals surface area contributed by atoms with E-state index in [0.29, 0.717) is 6.42 Å². The van der Waals surface area contributed by atoms with E-state index in [4.69, 9.17) is 0 Å². The number of carbonyl (C=O) groups is 1. The predicted molar refractivity (Wildman–Crippen MR) is 43.9 cm³/mol. The number of unbranched alkanes of at least 4 members (excludes halogenated alkanes) is 1. The number of hydrogen-bond acceptors (Lipinski definition) is 1. The van der Waals surface area contributed by atoms with Gasteiger partial charge in [0.05, 0.1) is 0 Å². The van der Waals surface area contributed by atoms with Crippen LogP contribution >= 0.6 is 0 Å². The van der Waals surface area contributed by atoms with Crippen molar-refractivity contribution in [2.75, 3.05) is 0 Å². The minimum atomic E-state index is 0.661. The van der Waals surface area contributed by atoms with Crippen LogP contribution in [0.1, 0.15) is 33.1 Å². The van der Waals surface area contributed by atoms with Crippen LogP contribution in [0.25, 0.3) is 0 Å². The van der Waals surface area contributed by atoms with Crippen LogP contribution in [-0.2, 0) is 4.79 Å². The Morgan fingerprint density at radius 1 is 1.20 bits per heavy atom. The van der Waals surface area contributed by atoms with E-state index in [1.165, 1.54) is 0 Å². The van der Waals surface area contributed by atoms with Gasteiger partial charge in [-0.3, -0.25) is 0 Å². The second kappa shape index (κ2) is 6.53. The summed E-state index contributed by atoms with van der Waals surface area (Å²) in [6.07, 6.45) is 7.87. The summed E-state index contributed by atoms with van der Waals surface area (Å²) >= 11 is 0. The molecule has 0 heterocycles. The van der Waals surface area contributed by atoms with Gasteiger partial charge in [-0.1, -0.05) is 26.0 Å². The SMILES string of the molecule is CC(C)C/C=C\CCC=O. The maximum Gasteiger partial charge on any atom is 0.120 e. The minimum absolute atomic E-state index is 0.661. The van der Waals surface area contributed by atoms with Crippen LogP contribution in [0, 0.1) is 5.92 Å². The highest BCUT2D eigenvalue weighted by atomic mass is 16.1. The Kier molecular flexibility index (Phi) is 6.14. The second-order valence-corrected chi connectivity index (χ2v) is 2.84. The van der Waals surface area contributed by atoms with Gasteiger partial charge in [-0.25, -0.2) is 0 Å². The summed E-state index contributed by atoms with van der Waals surface area (Å²) in [7, 11) is 0. The molecule has 0 rings (SSSR count). The second-order valence-electron chi connectivity index (χ2n) is 2.84. The first-order valence-electron chi connectivity index (χ1n) is 3.86. The fourth-order valence-electron chi connectivity index (χ4n) is 0.651. The topological polar surface area (TPSA) is 17.1 Å². The van der Waals surface area contributed by atoms with Gasteiger partial charge in [-0.05, 0) is 18.8 Å². The number of hydrogen-bond donors (Lipinski definition) is 0. The maximum atomic E-state index is 9.87. The van der Waals surface area contributed by atoms with Crippen LogP contribution in [0.5, 0.6) is 0 Å². The largest absolute Gasteiger partial charge is 0.303 e. The molecule has 0 radical (unpaired) electrons. The molecule has 0 aromatic carbocycles. The average molecular weight is 140 g/mol. The van der Waals surface area contributed by atoms with E-state index in [1.807, 2.05) is 0 Å². The van der Waals surface area contributed by atoms with Crippen molar-refractivity contribution in [2.24, 2.45) is 5.92 Å². The molecule has 1 heteroatoms. The molecule has 0 amide bonds. The van der Waals surface area contributed by atoms with Gasteiger partial charge >= 0.3 is 0 Å². The molecule has 0 saturated carbocycles. The van der Waals surface area contributed by atoms with E-state index in [9.17, 15) is 4.79 Å². The van der Waals surface area contributed by atoms with Gasteiger partial charge in [0.15, 0.2) is 0 Å². The average Bonchev–Trinajstić information content (AvgIpc) is 1.87. The van der Waals surface area contributed by atoms with Gasteiger partial charge in [0.1, 0.15) is 6.29 Å². The van der Waals surface area contributed by atoms with E-state index >= 15 is 0 Å². The highest BCUT2D eigenvalue weighted by Crippen LogP contribution is 2.00. The molecule has 0 saturated heterocycles. The zero-order valence-electron chi connectivity index (χ0n) is 6.84. The van der Waals surface area contributed by atoms with E-state index in [1.54, 1.807) is 0 Å². The van der Waals surface area contributed by atoms with Crippen molar-refractivity contribution in [3.05, 3.63) is 12.2 Å². The van der Waals surface area contributed by atoms with Crippen LogP contribution in [0.2, 0.25) is 0 Å². The van der Waals surface area contributed by atoms with E-state index < -0.39 is 0 Å². The Hall–Kier alpha value is -0.590. The minimum Gasteiger partial charge on any atom is -0.303 e. The van der Waals surface area contributed by atoms with Crippen LogP contribution in [0.3, 0.4) is 0 Å². The Morgan fingerprint density at radius 2 is 1.90 bits per heavy atom. The number of aldehydes is 1. The van der Waals surface area contributed by atoms with Crippen LogP contribution in [0.4, 0.5) is 0 Å². The molecule has 0 fully saturated rings. The molecule has 0 N–H and O–H groups in total. The standard InChI is InChI=1S/C9H16O/c1-9(2)7-5-3-4-6-8-10/h3,5,8-9H,4,6-7H2,1-2H3/b5-3-. The Labute approximate surface area is 63.1 Å². The van der Waals surface area contributed by atoms with Gasteiger partial charge in [-0.2, -0.15) is 0 Å². The zero-order chi connectivity index (χ0) is 7.82. The predicted octanol–water partition coefficient (Wildman–Crippen LogP) is 2.57. The van der Waals surface area contributed by atoms with Crippen molar-refractivity contribution < 1.29 is 4.79 Å². The molecule has 0 aliphatic heterocycles. The lowest BCUT2D eigenvalue weighted by Crippen LogP contribution is -1.81. The van der Waals surface area contributed by atoms with Crippen molar-refractivity contribution in [1.82, 2.24) is 0 Å². The lowest BCUT2D eigenvalue weighted by molar-refractivity contribution is -0.107. The maximum absolute atomic E-state index is 9.87. The molecule has 0 unspecified atom stereocenters. The molecule has 0 atom stereocenters. The third-order valence-corrected chi connectivity index (χ3v) is 1.23. The van der Waals surface area contributed by atoms with Gasteiger partial charge < -0.3 is 4.79 Å². The molecule has 0 aromatic rings. The molecule has 0 aliphatic rings. The van der Waals surface area contributed by atoms with Crippen molar-refractivity contribution in [1.29, 1.82) is 0 Å². The first kappa shape index (κ1) is 9.41. The summed E-state index contributed by atoms with van der Waals surface area (Å²) < 4.78 is 0. The lowest BCUT2D eigenvalue weighted by Gasteiger charge is -1.95. The molecule has 1 nitrogen and oxygen atoms in total. The number of allylic oxidation sites excluding steroid dienone is 2. The molecule has 0 aliphatic carbocycles. The molecule has 0 aromatic heterocycles. The summed E-state index contributed by atoms with van der Waals surface area (Å²) in [5.41, 5.74) is 0. The monoisotopic (exact) mass is 140 g/mol. The van der Waals surface area contributed by atoms with Crippen LogP contribution in [0.15, 0.2) is 12.2 Å². The van der Waals surface area contributed by atoms with E-state index in [0.717, 1.165) is 25.0 Å². The molecule has 0 spiro atoms. The van der Waals surface area contributed by atoms with E-state index in [-0.39, 0.29) is 0 Å². The first-order chi connectivity index (χ1) is 4.77. The highest BCUT2D eigenvalue weighted by molar-refractivity contribution is 5.49. The van der Waals surface area contributed by atoms with Crippen molar-refractivity contribution in [2.45, 2.75) is 33.1 Å². The Bertz CT molecular complexity index is 103. The molecular weight excluding hydrogens is 124 g/mol. The third kappa shape index (κ3) is 7.41. The lowest BCUT2D eigenvalue weighted by atomic mass is 10.1. The van der Waals surface area contributed by atoms with Crippen LogP contribution in [-0.4, -0.2) is 6.29 Å². The summed E-state index contributed by atoms with van der Waals surface area (Å²) in [6, 6.07) is 0. The van der Waals surface area contributed by atoms with Crippen molar-refractivity contribution in [3.8, 4) is 0 Å². The number of rotatable bonds is 5. The fourth-order valence-corrected chi connectivity index (χ4v) is 0.651. The molecule has 10 heavy (non-hydrogen) atoms. The molecule has 58 valence electrons. The quantitative estimate of drug-likeness (QED) is 0.326. The van der Waals surface area contributed by atoms with Gasteiger partial charge in [0.2, 0.25) is 0 Å². The molecule has 0 bridgehead atoms. The summed E-state index contributed by atoms with van der Waals surface area (Å²) in [5, 5.41) is 0. The Balaban J connectivity index is 3.11. The molecular formula is C9H16O. The summed E-state index contributed by atoms with van der Waals surface area (Å²) in [5.74, 6) is 0.729. The van der Waals surface area contributed by atoms with Crippen LogP contribution < -0.4 is 0 Å². The van der Waals surface area contributed by atoms with E-state index in [2.05, 4.69) is 26.0 Å². The Morgan fingerprint density at radius 3 is 2.40 bits per heavy atom. The highest BCUT2D eigenvalue weighted by Gasteiger charge is 1.86. The zero-order valence-corrected chi connectivity index (χ0v) is 6.84. The van der Waals surface area contributed by atoms with Crippen molar-refractivity contribution >= 4 is 6.29 Å². The fraction of sp³-hybridized carbons (Fsp3) is 0.667. The summed E-state index contributed by atoms with van der Waals surface area (Å²) in [6.45, 7) is 4.37. The normalized spacial score (nSPS) is 11.1. The van der Waals surface area contributed by atoms with Gasteiger partial charge in [0, 0.05) is 6.42 Å². The smallest absolute Gasteiger partial charge is 0.120 e. The van der Waals surface area contributed by atoms with Crippen molar-refractivity contribution in [3.63, 3.8) is 0 Å². The summed E-state index contributed by atoms with van der Waals surface area (Å²) in [4.78, 5) is 9.87. The van der Waals surface area contributed by atoms with Gasteiger partial charge in [-0.15, -0.1) is 0 Å². The first-order valence-corrected chi connectivity index (χ1v) is 3.86.